The van der Waals surface area contributed by atoms with E-state index in [9.17, 15) is 14.0 Å². The van der Waals surface area contributed by atoms with Gasteiger partial charge in [-0.05, 0) is 42.3 Å². The summed E-state index contributed by atoms with van der Waals surface area (Å²) in [5.74, 6) is -2.83. The van der Waals surface area contributed by atoms with Crippen molar-refractivity contribution < 1.29 is 22.8 Å². The van der Waals surface area contributed by atoms with E-state index in [1.807, 2.05) is 0 Å². The van der Waals surface area contributed by atoms with Crippen LogP contribution < -0.4 is 5.73 Å². The first-order valence-electron chi connectivity index (χ1n) is 13.2. The number of piperidine rings is 1. The largest absolute Gasteiger partial charge is 0.382 e. The molecule has 2 aliphatic rings. The second-order valence-corrected chi connectivity index (χ2v) is 10.3. The van der Waals surface area contributed by atoms with Crippen molar-refractivity contribution in [3.05, 3.63) is 82.9 Å². The van der Waals surface area contributed by atoms with E-state index in [0.717, 1.165) is 18.5 Å². The van der Waals surface area contributed by atoms with Crippen LogP contribution in [0.2, 0.25) is 0 Å². The van der Waals surface area contributed by atoms with Crippen LogP contribution in [0.3, 0.4) is 0 Å². The predicted octanol–water partition coefficient (Wildman–Crippen LogP) is 3.65. The lowest BCUT2D eigenvalue weighted by atomic mass is 9.98. The number of amides is 2. The smallest absolute Gasteiger partial charge is 0.254 e. The number of rotatable bonds is 5. The Bertz CT molecular complexity index is 1780. The molecular formula is C29H25F3N8O2. The molecule has 1 fully saturated rings. The zero-order valence-corrected chi connectivity index (χ0v) is 22.4. The fourth-order valence-corrected chi connectivity index (χ4v) is 5.84. The number of aliphatic imine (C=N–C) groups is 1. The van der Waals surface area contributed by atoms with Gasteiger partial charge in [-0.15, -0.1) is 0 Å². The van der Waals surface area contributed by atoms with Crippen LogP contribution in [-0.4, -0.2) is 67.5 Å². The number of nitrogens with zero attached hydrogens (tertiary/aromatic N) is 6. The van der Waals surface area contributed by atoms with E-state index in [4.69, 9.17) is 11.1 Å². The highest BCUT2D eigenvalue weighted by molar-refractivity contribution is 6.01. The van der Waals surface area contributed by atoms with Crippen LogP contribution in [0.4, 0.5) is 13.2 Å². The standard InChI is InChI=1S/C29H25F3N8O2/c1-15(41)38-12-18(39-11-16-5-6-17(30)7-20(16)29(39)42)8-19(13-38)40-25-9-23(27(34)36-14-33)35-10-24(25)37-28(40)26-21(31)3-2-4-22(26)32/h2-7,9-10,14,18-19H,8,11-13H2,1H3,(H3,33,34,36). The monoisotopic (exact) mass is 574 g/mol. The molecule has 0 radical (unpaired) electrons. The maximum absolute atomic E-state index is 15.2. The molecule has 42 heavy (non-hydrogen) atoms. The summed E-state index contributed by atoms with van der Waals surface area (Å²) in [6.45, 7) is 2.05. The quantitative estimate of drug-likeness (QED) is 0.277. The maximum Gasteiger partial charge on any atom is 0.254 e. The molecule has 2 aromatic heterocycles. The van der Waals surface area contributed by atoms with E-state index in [0.29, 0.717) is 23.0 Å². The van der Waals surface area contributed by atoms with Gasteiger partial charge in [-0.25, -0.2) is 23.1 Å². The predicted molar refractivity (Wildman–Crippen MR) is 148 cm³/mol. The average molecular weight is 575 g/mol. The van der Waals surface area contributed by atoms with Crippen LogP contribution in [0.5, 0.6) is 0 Å². The van der Waals surface area contributed by atoms with Gasteiger partial charge in [0, 0.05) is 32.1 Å². The first-order valence-corrected chi connectivity index (χ1v) is 13.2. The zero-order chi connectivity index (χ0) is 29.7. The number of fused-ring (bicyclic) bond motifs is 2. The van der Waals surface area contributed by atoms with Crippen molar-refractivity contribution in [3.8, 4) is 11.4 Å². The van der Waals surface area contributed by atoms with Gasteiger partial charge in [0.05, 0.1) is 29.4 Å². The number of halogens is 3. The number of benzene rings is 2. The van der Waals surface area contributed by atoms with Crippen molar-refractivity contribution in [2.75, 3.05) is 13.1 Å². The van der Waals surface area contributed by atoms with Crippen LogP contribution >= 0.6 is 0 Å². The minimum absolute atomic E-state index is 0.0191. The number of hydrogen-bond acceptors (Lipinski definition) is 5. The Balaban J connectivity index is 1.50. The number of hydrogen-bond donors (Lipinski definition) is 2. The van der Waals surface area contributed by atoms with Gasteiger partial charge < -0.3 is 20.1 Å². The summed E-state index contributed by atoms with van der Waals surface area (Å²) in [5, 5.41) is 7.24. The van der Waals surface area contributed by atoms with E-state index >= 15 is 8.78 Å². The third-order valence-corrected chi connectivity index (χ3v) is 7.79. The Kier molecular flexibility index (Phi) is 6.71. The summed E-state index contributed by atoms with van der Waals surface area (Å²) in [5.41, 5.74) is 7.54. The lowest BCUT2D eigenvalue weighted by Gasteiger charge is -2.42. The van der Waals surface area contributed by atoms with Crippen molar-refractivity contribution in [2.45, 2.75) is 32.0 Å². The Morgan fingerprint density at radius 3 is 2.57 bits per heavy atom. The van der Waals surface area contributed by atoms with Crippen LogP contribution in [0.15, 0.2) is 53.7 Å². The number of carbonyl (C=O) groups is 2. The molecule has 0 aliphatic carbocycles. The van der Waals surface area contributed by atoms with Gasteiger partial charge in [0.25, 0.3) is 5.91 Å². The molecule has 2 atom stereocenters. The molecule has 4 aromatic rings. The molecule has 0 saturated carbocycles. The van der Waals surface area contributed by atoms with Crippen LogP contribution in [0.1, 0.15) is 41.0 Å². The van der Waals surface area contributed by atoms with Crippen molar-refractivity contribution in [2.24, 2.45) is 10.7 Å². The topological polar surface area (TPSA) is 134 Å². The molecule has 10 nitrogen and oxygen atoms in total. The Morgan fingerprint density at radius 2 is 1.86 bits per heavy atom. The minimum atomic E-state index is -0.826. The molecule has 4 heterocycles. The van der Waals surface area contributed by atoms with Crippen LogP contribution in [0, 0.1) is 22.9 Å². The number of nitrogens with two attached hydrogens (primary N) is 1. The summed E-state index contributed by atoms with van der Waals surface area (Å²) >= 11 is 0. The lowest BCUT2D eigenvalue weighted by Crippen LogP contribution is -2.52. The molecule has 3 N–H and O–H groups in total. The van der Waals surface area contributed by atoms with Gasteiger partial charge in [0.1, 0.15) is 40.8 Å². The van der Waals surface area contributed by atoms with Gasteiger partial charge in [-0.1, -0.05) is 12.1 Å². The summed E-state index contributed by atoms with van der Waals surface area (Å²) in [7, 11) is 0. The third kappa shape index (κ3) is 4.56. The second kappa shape index (κ2) is 10.4. The molecule has 13 heteroatoms. The summed E-state index contributed by atoms with van der Waals surface area (Å²) in [6.07, 6.45) is 2.47. The molecule has 2 amide bonds. The summed E-state index contributed by atoms with van der Waals surface area (Å²) < 4.78 is 45.9. The van der Waals surface area contributed by atoms with Gasteiger partial charge in [-0.2, -0.15) is 0 Å². The summed E-state index contributed by atoms with van der Waals surface area (Å²) in [4.78, 5) is 41.9. The molecule has 2 aromatic carbocycles. The third-order valence-electron chi connectivity index (χ3n) is 7.79. The highest BCUT2D eigenvalue weighted by atomic mass is 19.1. The number of likely N-dealkylation sites (tertiary alicyclic amines) is 1. The molecule has 0 spiro atoms. The van der Waals surface area contributed by atoms with Crippen molar-refractivity contribution in [3.63, 3.8) is 0 Å². The van der Waals surface area contributed by atoms with E-state index in [1.165, 1.54) is 31.3 Å². The van der Waals surface area contributed by atoms with Gasteiger partial charge in [0.15, 0.2) is 5.84 Å². The second-order valence-electron chi connectivity index (χ2n) is 10.3. The molecular weight excluding hydrogens is 549 g/mol. The van der Waals surface area contributed by atoms with Crippen molar-refractivity contribution >= 4 is 35.0 Å². The van der Waals surface area contributed by atoms with Crippen molar-refractivity contribution in [1.82, 2.24) is 24.3 Å². The first-order chi connectivity index (χ1) is 20.2. The number of carbonyl (C=O) groups excluding carboxylic acids is 2. The molecule has 6 rings (SSSR count). The number of amidine groups is 1. The molecule has 2 unspecified atom stereocenters. The van der Waals surface area contributed by atoms with Crippen molar-refractivity contribution in [1.29, 1.82) is 5.41 Å². The van der Waals surface area contributed by atoms with Gasteiger partial charge in [-0.3, -0.25) is 20.0 Å². The van der Waals surface area contributed by atoms with Gasteiger partial charge >= 0.3 is 0 Å². The fourth-order valence-electron chi connectivity index (χ4n) is 5.84. The Hall–Kier alpha value is -5.07. The highest BCUT2D eigenvalue weighted by Gasteiger charge is 2.40. The fraction of sp³-hybridized carbons (Fsp3) is 0.241. The van der Waals surface area contributed by atoms with Gasteiger partial charge in [0.2, 0.25) is 5.91 Å². The normalized spacial score (nSPS) is 19.0. The number of aromatic nitrogens is 3. The SMILES string of the molecule is CC(=O)N1CC(N2Cc3ccc(F)cc3C2=O)CC(n2c(-c3c(F)cccc3F)nc3cnc(C(N)=NC=N)cc32)C1. The number of nitrogens with one attached hydrogen (secondary N) is 1. The highest BCUT2D eigenvalue weighted by Crippen LogP contribution is 2.37. The lowest BCUT2D eigenvalue weighted by molar-refractivity contribution is -0.131. The maximum atomic E-state index is 15.2. The average Bonchev–Trinajstić information content (AvgIpc) is 3.49. The van der Waals surface area contributed by atoms with E-state index in [2.05, 4.69) is 15.0 Å². The molecule has 0 bridgehead atoms. The Morgan fingerprint density at radius 1 is 1.12 bits per heavy atom. The van der Waals surface area contributed by atoms with E-state index in [1.54, 1.807) is 26.5 Å². The molecule has 1 saturated heterocycles. The molecule has 2 aliphatic heterocycles. The Labute approximate surface area is 237 Å². The van der Waals surface area contributed by atoms with Crippen LogP contribution in [-0.2, 0) is 11.3 Å². The minimum Gasteiger partial charge on any atom is -0.382 e. The number of pyridine rings is 1. The van der Waals surface area contributed by atoms with E-state index in [-0.39, 0.29) is 59.9 Å². The summed E-state index contributed by atoms with van der Waals surface area (Å²) in [6, 6.07) is 8.08. The van der Waals surface area contributed by atoms with E-state index < -0.39 is 29.5 Å². The zero-order valence-electron chi connectivity index (χ0n) is 22.4. The first kappa shape index (κ1) is 27.1. The molecule has 214 valence electrons. The number of imidazole rings is 1. The van der Waals surface area contributed by atoms with Crippen LogP contribution in [0.25, 0.3) is 22.4 Å².